The van der Waals surface area contributed by atoms with Crippen LogP contribution in [0.4, 0.5) is 0 Å². The normalized spacial score (nSPS) is 11.8. The van der Waals surface area contributed by atoms with E-state index in [2.05, 4.69) is 19.1 Å². The van der Waals surface area contributed by atoms with Crippen LogP contribution in [-0.2, 0) is 14.4 Å². The minimum absolute atomic E-state index is 0.109. The molecule has 0 heterocycles. The van der Waals surface area contributed by atoms with Crippen LogP contribution in [0.5, 0.6) is 0 Å². The van der Waals surface area contributed by atoms with Gasteiger partial charge >= 0.3 is 11.9 Å². The number of hydrogen-bond donors (Lipinski definition) is 2. The standard InChI is InChI=1S/C32H59NO6/c1-2-3-4-5-6-7-8-9-10-11-12-13-14-15-16-17-18-19-20-21-22-26-33(27-23-30(34)35,28-24-31(36)37)29-25-32(38)39/h19-20H,2-18,21-29H2,1H3,(H2-,34,35,36,37,38,39)/b20-19+. The molecule has 0 amide bonds. The third kappa shape index (κ3) is 26.1. The van der Waals surface area contributed by atoms with Crippen LogP contribution in [0.25, 0.3) is 0 Å². The molecule has 0 saturated carbocycles. The maximum absolute atomic E-state index is 11.1. The number of allylic oxidation sites excluding steroid dienone is 2. The summed E-state index contributed by atoms with van der Waals surface area (Å²) in [5.74, 6) is -3.11. The summed E-state index contributed by atoms with van der Waals surface area (Å²) in [6.45, 7) is 3.51. The van der Waals surface area contributed by atoms with E-state index in [0.717, 1.165) is 19.3 Å². The second kappa shape index (κ2) is 26.3. The van der Waals surface area contributed by atoms with Crippen molar-refractivity contribution in [1.29, 1.82) is 0 Å². The van der Waals surface area contributed by atoms with Crippen molar-refractivity contribution in [2.24, 2.45) is 0 Å². The molecule has 0 rings (SSSR count). The molecule has 0 fully saturated rings. The Hall–Kier alpha value is -1.89. The molecule has 39 heavy (non-hydrogen) atoms. The third-order valence-corrected chi connectivity index (χ3v) is 7.78. The third-order valence-electron chi connectivity index (χ3n) is 7.78. The fourth-order valence-corrected chi connectivity index (χ4v) is 5.26. The van der Waals surface area contributed by atoms with Gasteiger partial charge in [-0.1, -0.05) is 115 Å². The summed E-state index contributed by atoms with van der Waals surface area (Å²) >= 11 is 0. The lowest BCUT2D eigenvalue weighted by Crippen LogP contribution is -2.52. The lowest BCUT2D eigenvalue weighted by atomic mass is 10.0. The van der Waals surface area contributed by atoms with Gasteiger partial charge in [0, 0.05) is 18.8 Å². The van der Waals surface area contributed by atoms with Crippen molar-refractivity contribution in [2.75, 3.05) is 26.2 Å². The van der Waals surface area contributed by atoms with E-state index in [1.165, 1.54) is 103 Å². The topological polar surface area (TPSA) is 115 Å². The van der Waals surface area contributed by atoms with Gasteiger partial charge in [-0.15, -0.1) is 0 Å². The van der Waals surface area contributed by atoms with Gasteiger partial charge in [-0.2, -0.15) is 0 Å². The average molecular weight is 554 g/mol. The fourth-order valence-electron chi connectivity index (χ4n) is 5.26. The Morgan fingerprint density at radius 2 is 0.897 bits per heavy atom. The van der Waals surface area contributed by atoms with E-state index in [9.17, 15) is 19.5 Å². The Morgan fingerprint density at radius 1 is 0.538 bits per heavy atom. The van der Waals surface area contributed by atoms with Gasteiger partial charge in [0.15, 0.2) is 0 Å². The van der Waals surface area contributed by atoms with E-state index in [-0.39, 0.29) is 43.4 Å². The van der Waals surface area contributed by atoms with E-state index in [1.807, 2.05) is 0 Å². The SMILES string of the molecule is CCCCCCCCCCCCCCCCCC/C=C/CCC[N+](CCC(=O)[O-])(CCC(=O)O)CCC(=O)O. The Kier molecular flexibility index (Phi) is 25.1. The van der Waals surface area contributed by atoms with Gasteiger partial charge in [0.2, 0.25) is 0 Å². The average Bonchev–Trinajstić information content (AvgIpc) is 2.90. The molecule has 0 atom stereocenters. The Morgan fingerprint density at radius 3 is 1.28 bits per heavy atom. The number of hydrogen-bond acceptors (Lipinski definition) is 4. The molecule has 7 heteroatoms. The molecule has 0 radical (unpaired) electrons. The van der Waals surface area contributed by atoms with Gasteiger partial charge in [0.1, 0.15) is 0 Å². The van der Waals surface area contributed by atoms with Crippen molar-refractivity contribution in [3.8, 4) is 0 Å². The summed E-state index contributed by atoms with van der Waals surface area (Å²) in [6, 6.07) is 0. The van der Waals surface area contributed by atoms with E-state index in [4.69, 9.17) is 10.2 Å². The molecule has 0 spiro atoms. The molecule has 0 aromatic heterocycles. The molecule has 0 unspecified atom stereocenters. The zero-order chi connectivity index (χ0) is 29.0. The monoisotopic (exact) mass is 553 g/mol. The molecule has 0 bridgehead atoms. The zero-order valence-electron chi connectivity index (χ0n) is 25.0. The number of carboxylic acids is 3. The van der Waals surface area contributed by atoms with E-state index < -0.39 is 17.9 Å². The van der Waals surface area contributed by atoms with E-state index >= 15 is 0 Å². The van der Waals surface area contributed by atoms with Gasteiger partial charge in [0.05, 0.1) is 39.0 Å². The number of aliphatic carboxylic acids is 3. The van der Waals surface area contributed by atoms with Crippen molar-refractivity contribution in [3.05, 3.63) is 12.2 Å². The highest BCUT2D eigenvalue weighted by Gasteiger charge is 2.28. The first-order chi connectivity index (χ1) is 18.8. The summed E-state index contributed by atoms with van der Waals surface area (Å²) in [5, 5.41) is 29.2. The molecule has 2 N–H and O–H groups in total. The van der Waals surface area contributed by atoms with Crippen molar-refractivity contribution in [2.45, 2.75) is 148 Å². The van der Waals surface area contributed by atoms with Gasteiger partial charge < -0.3 is 24.6 Å². The van der Waals surface area contributed by atoms with Crippen LogP contribution in [0.1, 0.15) is 148 Å². The lowest BCUT2D eigenvalue weighted by molar-refractivity contribution is -0.927. The van der Waals surface area contributed by atoms with Crippen molar-refractivity contribution in [1.82, 2.24) is 0 Å². The molecule has 0 aromatic carbocycles. The second-order valence-electron chi connectivity index (χ2n) is 11.4. The van der Waals surface area contributed by atoms with Gasteiger partial charge in [0.25, 0.3) is 0 Å². The van der Waals surface area contributed by atoms with E-state index in [1.54, 1.807) is 0 Å². The molecule has 0 aliphatic heterocycles. The Bertz CT molecular complexity index is 603. The van der Waals surface area contributed by atoms with Crippen molar-refractivity contribution >= 4 is 17.9 Å². The molecule has 0 aliphatic carbocycles. The first kappa shape index (κ1) is 37.1. The summed E-state index contributed by atoms with van der Waals surface area (Å²) in [4.78, 5) is 33.3. The Balaban J connectivity index is 3.91. The lowest BCUT2D eigenvalue weighted by Gasteiger charge is -2.38. The molecule has 228 valence electrons. The summed E-state index contributed by atoms with van der Waals surface area (Å²) in [7, 11) is 0. The molecule has 0 aliphatic rings. The molecule has 0 aromatic rings. The predicted octanol–water partition coefficient (Wildman–Crippen LogP) is 6.88. The molecule has 7 nitrogen and oxygen atoms in total. The maximum Gasteiger partial charge on any atom is 0.309 e. The Labute approximate surface area is 238 Å². The number of unbranched alkanes of at least 4 members (excludes halogenated alkanes) is 17. The van der Waals surface area contributed by atoms with Gasteiger partial charge in [-0.25, -0.2) is 0 Å². The maximum atomic E-state index is 11.1. The number of quaternary nitrogens is 1. The number of carbonyl (C=O) groups is 3. The highest BCUT2D eigenvalue weighted by Crippen LogP contribution is 2.16. The minimum Gasteiger partial charge on any atom is -0.550 e. The zero-order valence-corrected chi connectivity index (χ0v) is 25.0. The van der Waals surface area contributed by atoms with Crippen LogP contribution >= 0.6 is 0 Å². The van der Waals surface area contributed by atoms with Crippen LogP contribution < -0.4 is 5.11 Å². The van der Waals surface area contributed by atoms with Crippen LogP contribution in [-0.4, -0.2) is 58.8 Å². The van der Waals surface area contributed by atoms with Crippen LogP contribution in [0.15, 0.2) is 12.2 Å². The van der Waals surface area contributed by atoms with Crippen LogP contribution in [0.2, 0.25) is 0 Å². The highest BCUT2D eigenvalue weighted by atomic mass is 16.4. The number of carbonyl (C=O) groups excluding carboxylic acids is 1. The predicted molar refractivity (Wildman–Crippen MR) is 156 cm³/mol. The summed E-state index contributed by atoms with van der Waals surface area (Å²) in [5.41, 5.74) is 0. The second-order valence-corrected chi connectivity index (χ2v) is 11.4. The number of nitrogens with zero attached hydrogens (tertiary/aromatic N) is 1. The van der Waals surface area contributed by atoms with Gasteiger partial charge in [-0.3, -0.25) is 9.59 Å². The van der Waals surface area contributed by atoms with Crippen molar-refractivity contribution < 1.29 is 34.2 Å². The summed E-state index contributed by atoms with van der Waals surface area (Å²) < 4.78 is 0.194. The summed E-state index contributed by atoms with van der Waals surface area (Å²) in [6.07, 6.45) is 28.4. The fraction of sp³-hybridized carbons (Fsp3) is 0.844. The highest BCUT2D eigenvalue weighted by molar-refractivity contribution is 5.67. The van der Waals surface area contributed by atoms with Crippen LogP contribution in [0, 0.1) is 0 Å². The molecule has 0 saturated heterocycles. The quantitative estimate of drug-likeness (QED) is 0.0569. The molecular formula is C32H59NO6. The number of carboxylic acid groups (broad SMARTS) is 3. The first-order valence-corrected chi connectivity index (χ1v) is 15.9. The smallest absolute Gasteiger partial charge is 0.309 e. The molecular weight excluding hydrogens is 494 g/mol. The minimum atomic E-state index is -1.19. The van der Waals surface area contributed by atoms with Crippen LogP contribution in [0.3, 0.4) is 0 Å². The largest absolute Gasteiger partial charge is 0.550 e. The van der Waals surface area contributed by atoms with Gasteiger partial charge in [-0.05, 0) is 19.3 Å². The number of rotatable bonds is 30. The van der Waals surface area contributed by atoms with E-state index in [0.29, 0.717) is 6.54 Å². The first-order valence-electron chi connectivity index (χ1n) is 15.9. The van der Waals surface area contributed by atoms with Crippen molar-refractivity contribution in [3.63, 3.8) is 0 Å².